The van der Waals surface area contributed by atoms with Gasteiger partial charge in [-0.15, -0.1) is 0 Å². The molecule has 1 spiro atoms. The molecule has 0 saturated carbocycles. The molecule has 31 heavy (non-hydrogen) atoms. The van der Waals surface area contributed by atoms with Crippen LogP contribution in [0, 0.1) is 25.6 Å². The maximum absolute atomic E-state index is 12.6. The zero-order valence-electron chi connectivity index (χ0n) is 17.7. The van der Waals surface area contributed by atoms with Crippen molar-refractivity contribution in [3.63, 3.8) is 0 Å². The van der Waals surface area contributed by atoms with Crippen LogP contribution in [0.15, 0.2) is 30.4 Å². The summed E-state index contributed by atoms with van der Waals surface area (Å²) in [5.74, 6) is -1.71. The van der Waals surface area contributed by atoms with Crippen molar-refractivity contribution in [3.05, 3.63) is 56.1 Å². The topological polar surface area (TPSA) is 131 Å². The molecule has 0 amide bonds. The first-order chi connectivity index (χ1) is 14.6. The average Bonchev–Trinajstić information content (AvgIpc) is 3.22. The van der Waals surface area contributed by atoms with Crippen molar-refractivity contribution < 1.29 is 28.9 Å². The summed E-state index contributed by atoms with van der Waals surface area (Å²) >= 11 is 0. The van der Waals surface area contributed by atoms with E-state index in [0.29, 0.717) is 6.42 Å². The first-order valence-corrected chi connectivity index (χ1v) is 10.3. The second kappa shape index (κ2) is 8.72. The summed E-state index contributed by atoms with van der Waals surface area (Å²) in [7, 11) is 0. The summed E-state index contributed by atoms with van der Waals surface area (Å²) in [5, 5.41) is 22.2. The lowest BCUT2D eigenvalue weighted by atomic mass is 9.82. The molecule has 2 aliphatic rings. The number of hydrogen-bond acceptors (Lipinski definition) is 8. The van der Waals surface area contributed by atoms with E-state index >= 15 is 0 Å². The van der Waals surface area contributed by atoms with Crippen molar-refractivity contribution in [1.29, 1.82) is 0 Å². The van der Waals surface area contributed by atoms with Crippen molar-refractivity contribution in [3.8, 4) is 0 Å². The van der Waals surface area contributed by atoms with E-state index in [0.717, 1.165) is 37.5 Å². The Morgan fingerprint density at radius 3 is 2.19 bits per heavy atom. The SMILES string of the molecule is CCCC[C@]1(COC(=O)c2cc([N+](=O)[O-])cc([N+](=O)[O-])c2)C=CC2(C1)O[C@H](C)[C@@H](C)O2. The standard InChI is InChI=1S/C21H26N2O8/c1-4-5-6-20(7-8-21(12-20)30-14(2)15(3)31-21)13-29-19(24)16-9-17(22(25)26)11-18(10-16)23(27)28/h7-11,14-15H,4-6,12-13H2,1-3H3/t14-,15-,20+/m1/s1. The van der Waals surface area contributed by atoms with Gasteiger partial charge in [0.1, 0.15) is 6.61 Å². The van der Waals surface area contributed by atoms with E-state index in [4.69, 9.17) is 14.2 Å². The van der Waals surface area contributed by atoms with Crippen LogP contribution in [-0.2, 0) is 14.2 Å². The van der Waals surface area contributed by atoms with Gasteiger partial charge in [-0.1, -0.05) is 25.8 Å². The molecule has 0 N–H and O–H groups in total. The summed E-state index contributed by atoms with van der Waals surface area (Å²) in [6, 6.07) is 2.76. The van der Waals surface area contributed by atoms with Gasteiger partial charge in [0, 0.05) is 24.0 Å². The number of benzene rings is 1. The molecular formula is C21H26N2O8. The molecule has 0 aromatic heterocycles. The normalized spacial score (nSPS) is 26.3. The van der Waals surface area contributed by atoms with Gasteiger partial charge >= 0.3 is 5.97 Å². The zero-order valence-corrected chi connectivity index (χ0v) is 17.7. The Morgan fingerprint density at radius 2 is 1.68 bits per heavy atom. The van der Waals surface area contributed by atoms with Crippen molar-refractivity contribution in [2.75, 3.05) is 6.61 Å². The number of nitro groups is 2. The number of esters is 1. The van der Waals surface area contributed by atoms with Crippen LogP contribution in [0.1, 0.15) is 56.8 Å². The van der Waals surface area contributed by atoms with Gasteiger partial charge in [0.25, 0.3) is 11.4 Å². The lowest BCUT2D eigenvalue weighted by Crippen LogP contribution is -2.34. The summed E-state index contributed by atoms with van der Waals surface area (Å²) in [4.78, 5) is 33.2. The van der Waals surface area contributed by atoms with Gasteiger partial charge in [0.15, 0.2) is 5.79 Å². The van der Waals surface area contributed by atoms with Crippen LogP contribution in [-0.4, -0.2) is 40.4 Å². The van der Waals surface area contributed by atoms with Gasteiger partial charge in [-0.05, 0) is 26.3 Å². The molecule has 1 aromatic carbocycles. The first-order valence-electron chi connectivity index (χ1n) is 10.3. The summed E-state index contributed by atoms with van der Waals surface area (Å²) in [5.41, 5.74) is -1.84. The predicted molar refractivity (Wildman–Crippen MR) is 110 cm³/mol. The van der Waals surface area contributed by atoms with Gasteiger partial charge in [-0.3, -0.25) is 20.2 Å². The van der Waals surface area contributed by atoms with Crippen LogP contribution >= 0.6 is 0 Å². The monoisotopic (exact) mass is 434 g/mol. The molecule has 0 radical (unpaired) electrons. The Balaban J connectivity index is 1.77. The third-order valence-corrected chi connectivity index (χ3v) is 5.80. The largest absolute Gasteiger partial charge is 0.461 e. The number of carbonyl (C=O) groups is 1. The van der Waals surface area contributed by atoms with E-state index in [-0.39, 0.29) is 24.4 Å². The van der Waals surface area contributed by atoms with E-state index in [1.165, 1.54) is 0 Å². The van der Waals surface area contributed by atoms with E-state index < -0.39 is 38.4 Å². The van der Waals surface area contributed by atoms with Gasteiger partial charge in [-0.25, -0.2) is 4.79 Å². The molecule has 0 bridgehead atoms. The Hall–Kier alpha value is -2.85. The number of nitro benzene ring substituents is 2. The van der Waals surface area contributed by atoms with E-state index in [2.05, 4.69) is 6.92 Å². The van der Waals surface area contributed by atoms with Crippen LogP contribution in [0.25, 0.3) is 0 Å². The third kappa shape index (κ3) is 4.91. The highest BCUT2D eigenvalue weighted by molar-refractivity contribution is 5.91. The van der Waals surface area contributed by atoms with Gasteiger partial charge in [-0.2, -0.15) is 0 Å². The van der Waals surface area contributed by atoms with Crippen LogP contribution < -0.4 is 0 Å². The molecule has 0 unspecified atom stereocenters. The zero-order chi connectivity index (χ0) is 22.8. The molecule has 168 valence electrons. The van der Waals surface area contributed by atoms with Crippen molar-refractivity contribution in [2.45, 2.75) is 64.4 Å². The molecule has 10 heteroatoms. The highest BCUT2D eigenvalue weighted by atomic mass is 16.8. The van der Waals surface area contributed by atoms with E-state index in [1.54, 1.807) is 0 Å². The maximum Gasteiger partial charge on any atom is 0.338 e. The van der Waals surface area contributed by atoms with E-state index in [9.17, 15) is 25.0 Å². The molecule has 1 aliphatic carbocycles. The van der Waals surface area contributed by atoms with Crippen LogP contribution in [0.5, 0.6) is 0 Å². The van der Waals surface area contributed by atoms with Gasteiger partial charge in [0.2, 0.25) is 0 Å². The Morgan fingerprint density at radius 1 is 1.10 bits per heavy atom. The minimum Gasteiger partial charge on any atom is -0.461 e. The molecule has 10 nitrogen and oxygen atoms in total. The third-order valence-electron chi connectivity index (χ3n) is 5.80. The van der Waals surface area contributed by atoms with Crippen molar-refractivity contribution in [1.82, 2.24) is 0 Å². The number of rotatable bonds is 8. The number of unbranched alkanes of at least 4 members (excludes halogenated alkanes) is 1. The number of ether oxygens (including phenoxy) is 3. The molecule has 1 heterocycles. The Labute approximate surface area is 179 Å². The minimum absolute atomic E-state index is 0.00997. The predicted octanol–water partition coefficient (Wildman–Crippen LogP) is 4.32. The van der Waals surface area contributed by atoms with Gasteiger partial charge in [0.05, 0.1) is 33.7 Å². The highest BCUT2D eigenvalue weighted by Crippen LogP contribution is 2.48. The Kier molecular flexibility index (Phi) is 6.42. The molecule has 1 aliphatic heterocycles. The molecule has 1 saturated heterocycles. The lowest BCUT2D eigenvalue weighted by molar-refractivity contribution is -0.394. The fraction of sp³-hybridized carbons (Fsp3) is 0.571. The molecule has 1 aromatic rings. The smallest absolute Gasteiger partial charge is 0.338 e. The summed E-state index contributed by atoms with van der Waals surface area (Å²) < 4.78 is 17.6. The molecular weight excluding hydrogens is 408 g/mol. The highest BCUT2D eigenvalue weighted by Gasteiger charge is 2.51. The second-order valence-corrected chi connectivity index (χ2v) is 8.26. The number of nitrogens with zero attached hydrogens (tertiary/aromatic N) is 2. The first kappa shape index (κ1) is 22.8. The number of carbonyl (C=O) groups excluding carboxylic acids is 1. The summed E-state index contributed by atoms with van der Waals surface area (Å²) in [6.07, 6.45) is 6.74. The summed E-state index contributed by atoms with van der Waals surface area (Å²) in [6.45, 7) is 5.95. The maximum atomic E-state index is 12.6. The Bertz CT molecular complexity index is 872. The molecule has 3 atom stereocenters. The second-order valence-electron chi connectivity index (χ2n) is 8.26. The fourth-order valence-corrected chi connectivity index (χ4v) is 4.01. The molecule has 3 rings (SSSR count). The van der Waals surface area contributed by atoms with Crippen LogP contribution in [0.4, 0.5) is 11.4 Å². The number of non-ortho nitro benzene ring substituents is 2. The van der Waals surface area contributed by atoms with Crippen LogP contribution in [0.3, 0.4) is 0 Å². The number of hydrogen-bond donors (Lipinski definition) is 0. The van der Waals surface area contributed by atoms with Gasteiger partial charge < -0.3 is 14.2 Å². The van der Waals surface area contributed by atoms with Crippen molar-refractivity contribution >= 4 is 17.3 Å². The lowest BCUT2D eigenvalue weighted by Gasteiger charge is -2.31. The quantitative estimate of drug-likeness (QED) is 0.256. The molecule has 1 fully saturated rings. The average molecular weight is 434 g/mol. The van der Waals surface area contributed by atoms with Crippen molar-refractivity contribution in [2.24, 2.45) is 5.41 Å². The fourth-order valence-electron chi connectivity index (χ4n) is 4.01. The van der Waals surface area contributed by atoms with Crippen LogP contribution in [0.2, 0.25) is 0 Å². The van der Waals surface area contributed by atoms with E-state index in [1.807, 2.05) is 26.0 Å². The minimum atomic E-state index is -0.858.